The molecule has 0 saturated heterocycles. The number of hydrogen-bond acceptors (Lipinski definition) is 4. The van der Waals surface area contributed by atoms with Gasteiger partial charge in [0.15, 0.2) is 0 Å². The van der Waals surface area contributed by atoms with E-state index in [1.807, 2.05) is 0 Å². The molecule has 2 atom stereocenters. The lowest BCUT2D eigenvalue weighted by Crippen LogP contribution is -2.51. The molecule has 0 aliphatic heterocycles. The topological polar surface area (TPSA) is 42.5 Å². The number of methoxy groups -OCH3 is 2. The minimum Gasteiger partial charge on any atom is -0.383 e. The first kappa shape index (κ1) is 13.9. The molecule has 1 aliphatic rings. The molecule has 0 heterocycles. The molecule has 0 unspecified atom stereocenters. The van der Waals surface area contributed by atoms with Crippen LogP contribution >= 0.6 is 0 Å². The third-order valence-electron chi connectivity index (χ3n) is 3.19. The molecule has 1 rings (SSSR count). The van der Waals surface area contributed by atoms with Gasteiger partial charge in [0.05, 0.1) is 13.2 Å². The van der Waals surface area contributed by atoms with E-state index < -0.39 is 0 Å². The van der Waals surface area contributed by atoms with Crippen LogP contribution in [0.1, 0.15) is 25.7 Å². The van der Waals surface area contributed by atoms with E-state index in [0.717, 1.165) is 26.3 Å². The first-order valence-electron chi connectivity index (χ1n) is 6.33. The van der Waals surface area contributed by atoms with E-state index in [9.17, 15) is 0 Å². The Kier molecular flexibility index (Phi) is 7.76. The summed E-state index contributed by atoms with van der Waals surface area (Å²) in [5.74, 6) is 0. The molecule has 16 heavy (non-hydrogen) atoms. The third kappa shape index (κ3) is 5.25. The van der Waals surface area contributed by atoms with Crippen LogP contribution in [0.2, 0.25) is 0 Å². The number of rotatable bonds is 8. The highest BCUT2D eigenvalue weighted by Gasteiger charge is 2.23. The molecule has 4 heteroatoms. The Morgan fingerprint density at radius 1 is 0.875 bits per heavy atom. The van der Waals surface area contributed by atoms with Crippen LogP contribution in [0.25, 0.3) is 0 Å². The summed E-state index contributed by atoms with van der Waals surface area (Å²) in [5.41, 5.74) is 0. The molecular weight excluding hydrogens is 204 g/mol. The molecule has 0 spiro atoms. The molecular formula is C12H26N2O2. The van der Waals surface area contributed by atoms with Gasteiger partial charge in [-0.05, 0) is 12.8 Å². The summed E-state index contributed by atoms with van der Waals surface area (Å²) < 4.78 is 10.1. The van der Waals surface area contributed by atoms with E-state index >= 15 is 0 Å². The van der Waals surface area contributed by atoms with Crippen molar-refractivity contribution < 1.29 is 9.47 Å². The van der Waals surface area contributed by atoms with Crippen molar-refractivity contribution in [2.24, 2.45) is 0 Å². The summed E-state index contributed by atoms with van der Waals surface area (Å²) in [6.07, 6.45) is 5.23. The Labute approximate surface area is 99.1 Å². The van der Waals surface area contributed by atoms with Gasteiger partial charge in [-0.15, -0.1) is 0 Å². The SMILES string of the molecule is COCCN[C@@H]1CCCC[C@H]1NCCOC. The van der Waals surface area contributed by atoms with Crippen molar-refractivity contribution in [2.75, 3.05) is 40.5 Å². The van der Waals surface area contributed by atoms with Gasteiger partial charge in [0.2, 0.25) is 0 Å². The van der Waals surface area contributed by atoms with Crippen molar-refractivity contribution in [3.8, 4) is 0 Å². The Morgan fingerprint density at radius 3 is 1.69 bits per heavy atom. The van der Waals surface area contributed by atoms with E-state index in [1.54, 1.807) is 14.2 Å². The maximum atomic E-state index is 5.06. The van der Waals surface area contributed by atoms with Gasteiger partial charge in [-0.3, -0.25) is 0 Å². The van der Waals surface area contributed by atoms with Crippen molar-refractivity contribution in [3.63, 3.8) is 0 Å². The molecule has 0 amide bonds. The van der Waals surface area contributed by atoms with Gasteiger partial charge in [-0.2, -0.15) is 0 Å². The quantitative estimate of drug-likeness (QED) is 0.604. The van der Waals surface area contributed by atoms with Crippen molar-refractivity contribution in [3.05, 3.63) is 0 Å². The van der Waals surface area contributed by atoms with Crippen LogP contribution in [0.3, 0.4) is 0 Å². The first-order valence-corrected chi connectivity index (χ1v) is 6.33. The highest BCUT2D eigenvalue weighted by atomic mass is 16.5. The van der Waals surface area contributed by atoms with E-state index in [1.165, 1.54) is 25.7 Å². The second-order valence-electron chi connectivity index (χ2n) is 4.39. The zero-order chi connectivity index (χ0) is 11.6. The van der Waals surface area contributed by atoms with Crippen LogP contribution in [0.4, 0.5) is 0 Å². The Balaban J connectivity index is 2.20. The molecule has 0 radical (unpaired) electrons. The number of ether oxygens (including phenoxy) is 2. The van der Waals surface area contributed by atoms with Crippen molar-refractivity contribution in [1.82, 2.24) is 10.6 Å². The van der Waals surface area contributed by atoms with Gasteiger partial charge >= 0.3 is 0 Å². The second-order valence-corrected chi connectivity index (χ2v) is 4.39. The summed E-state index contributed by atoms with van der Waals surface area (Å²) in [6, 6.07) is 1.20. The molecule has 1 fully saturated rings. The van der Waals surface area contributed by atoms with Crippen LogP contribution in [0, 0.1) is 0 Å². The fourth-order valence-electron chi connectivity index (χ4n) is 2.31. The normalized spacial score (nSPS) is 25.9. The maximum absolute atomic E-state index is 5.06. The lowest BCUT2D eigenvalue weighted by molar-refractivity contribution is 0.174. The van der Waals surface area contributed by atoms with Crippen LogP contribution < -0.4 is 10.6 Å². The zero-order valence-electron chi connectivity index (χ0n) is 10.6. The third-order valence-corrected chi connectivity index (χ3v) is 3.19. The van der Waals surface area contributed by atoms with Crippen LogP contribution in [0.5, 0.6) is 0 Å². The monoisotopic (exact) mass is 230 g/mol. The fraction of sp³-hybridized carbons (Fsp3) is 1.00. The second kappa shape index (κ2) is 8.93. The highest BCUT2D eigenvalue weighted by molar-refractivity contribution is 4.86. The molecule has 96 valence electrons. The smallest absolute Gasteiger partial charge is 0.0587 e. The molecule has 1 saturated carbocycles. The largest absolute Gasteiger partial charge is 0.383 e. The van der Waals surface area contributed by atoms with Gasteiger partial charge in [0, 0.05) is 39.4 Å². The first-order chi connectivity index (χ1) is 7.88. The van der Waals surface area contributed by atoms with E-state index in [4.69, 9.17) is 9.47 Å². The lowest BCUT2D eigenvalue weighted by atomic mass is 9.90. The Morgan fingerprint density at radius 2 is 1.31 bits per heavy atom. The maximum Gasteiger partial charge on any atom is 0.0587 e. The van der Waals surface area contributed by atoms with Crippen LogP contribution in [0.15, 0.2) is 0 Å². The standard InChI is InChI=1S/C12H26N2O2/c1-15-9-7-13-11-5-3-4-6-12(11)14-8-10-16-2/h11-14H,3-10H2,1-2H3/t11-,12-/m1/s1. The minimum atomic E-state index is 0.598. The Bertz CT molecular complexity index is 149. The van der Waals surface area contributed by atoms with E-state index in [2.05, 4.69) is 10.6 Å². The summed E-state index contributed by atoms with van der Waals surface area (Å²) in [6.45, 7) is 3.48. The molecule has 1 aliphatic carbocycles. The van der Waals surface area contributed by atoms with Gasteiger partial charge in [0.25, 0.3) is 0 Å². The minimum absolute atomic E-state index is 0.598. The molecule has 0 aromatic heterocycles. The van der Waals surface area contributed by atoms with Crippen LogP contribution in [-0.2, 0) is 9.47 Å². The summed E-state index contributed by atoms with van der Waals surface area (Å²) >= 11 is 0. The lowest BCUT2D eigenvalue weighted by Gasteiger charge is -2.33. The molecule has 0 aromatic rings. The predicted molar refractivity (Wildman–Crippen MR) is 65.8 cm³/mol. The zero-order valence-corrected chi connectivity index (χ0v) is 10.6. The number of nitrogens with one attached hydrogen (secondary N) is 2. The predicted octanol–water partition coefficient (Wildman–Crippen LogP) is 0.770. The summed E-state index contributed by atoms with van der Waals surface area (Å²) in [7, 11) is 3.49. The molecule has 0 aromatic carbocycles. The Hall–Kier alpha value is -0.160. The summed E-state index contributed by atoms with van der Waals surface area (Å²) in [5, 5.41) is 7.14. The van der Waals surface area contributed by atoms with Gasteiger partial charge in [-0.25, -0.2) is 0 Å². The average molecular weight is 230 g/mol. The number of hydrogen-bond donors (Lipinski definition) is 2. The van der Waals surface area contributed by atoms with Crippen molar-refractivity contribution in [1.29, 1.82) is 0 Å². The van der Waals surface area contributed by atoms with E-state index in [0.29, 0.717) is 12.1 Å². The fourth-order valence-corrected chi connectivity index (χ4v) is 2.31. The van der Waals surface area contributed by atoms with Crippen molar-refractivity contribution in [2.45, 2.75) is 37.8 Å². The molecule has 2 N–H and O–H groups in total. The van der Waals surface area contributed by atoms with Gasteiger partial charge in [0.1, 0.15) is 0 Å². The average Bonchev–Trinajstić information content (AvgIpc) is 2.32. The van der Waals surface area contributed by atoms with Crippen LogP contribution in [-0.4, -0.2) is 52.6 Å². The molecule has 0 bridgehead atoms. The van der Waals surface area contributed by atoms with Gasteiger partial charge < -0.3 is 20.1 Å². The van der Waals surface area contributed by atoms with Crippen molar-refractivity contribution >= 4 is 0 Å². The van der Waals surface area contributed by atoms with E-state index in [-0.39, 0.29) is 0 Å². The molecule has 4 nitrogen and oxygen atoms in total. The summed E-state index contributed by atoms with van der Waals surface area (Å²) in [4.78, 5) is 0. The highest BCUT2D eigenvalue weighted by Crippen LogP contribution is 2.18. The van der Waals surface area contributed by atoms with Gasteiger partial charge in [-0.1, -0.05) is 12.8 Å².